The predicted molar refractivity (Wildman–Crippen MR) is 85.0 cm³/mol. The van der Waals surface area contributed by atoms with Crippen molar-refractivity contribution in [3.8, 4) is 0 Å². The van der Waals surface area contributed by atoms with Gasteiger partial charge in [0.1, 0.15) is 11.6 Å². The molecule has 0 aliphatic carbocycles. The zero-order valence-electron chi connectivity index (χ0n) is 13.4. The van der Waals surface area contributed by atoms with E-state index in [9.17, 15) is 9.18 Å². The molecule has 0 saturated carbocycles. The Hall–Kier alpha value is -2.21. The largest absolute Gasteiger partial charge is 0.337 e. The first-order valence-corrected chi connectivity index (χ1v) is 7.75. The summed E-state index contributed by atoms with van der Waals surface area (Å²) in [4.78, 5) is 18.2. The number of amides is 1. The van der Waals surface area contributed by atoms with Gasteiger partial charge in [-0.2, -0.15) is 0 Å². The van der Waals surface area contributed by atoms with E-state index in [4.69, 9.17) is 0 Å². The molecule has 122 valence electrons. The number of carbonyl (C=O) groups excluding carboxylic acids is 1. The number of hydrogen-bond donors (Lipinski definition) is 1. The molecule has 1 aromatic heterocycles. The Morgan fingerprint density at radius 3 is 2.96 bits per heavy atom. The van der Waals surface area contributed by atoms with E-state index in [0.29, 0.717) is 26.1 Å². The highest BCUT2D eigenvalue weighted by Gasteiger charge is 2.29. The summed E-state index contributed by atoms with van der Waals surface area (Å²) < 4.78 is 15.3. The van der Waals surface area contributed by atoms with Crippen molar-refractivity contribution in [2.45, 2.75) is 32.5 Å². The number of hydrogen-bond acceptors (Lipinski definition) is 3. The van der Waals surface area contributed by atoms with Crippen molar-refractivity contribution in [1.82, 2.24) is 19.8 Å². The average Bonchev–Trinajstić information content (AvgIpc) is 3.01. The number of aryl methyl sites for hydroxylation is 1. The second-order valence-electron chi connectivity index (χ2n) is 6.04. The maximum Gasteiger partial charge on any atom is 0.224 e. The van der Waals surface area contributed by atoms with Gasteiger partial charge in [-0.3, -0.25) is 4.79 Å². The summed E-state index contributed by atoms with van der Waals surface area (Å²) in [6.07, 6.45) is 2.33. The van der Waals surface area contributed by atoms with Gasteiger partial charge in [-0.25, -0.2) is 9.37 Å². The van der Waals surface area contributed by atoms with Crippen LogP contribution in [0.15, 0.2) is 30.5 Å². The van der Waals surface area contributed by atoms with E-state index in [1.54, 1.807) is 11.0 Å². The maximum atomic E-state index is 13.2. The molecule has 1 atom stereocenters. The second kappa shape index (κ2) is 6.50. The van der Waals surface area contributed by atoms with Crippen LogP contribution in [0.5, 0.6) is 0 Å². The third kappa shape index (κ3) is 3.59. The molecule has 0 spiro atoms. The number of aromatic nitrogens is 2. The number of nitrogens with one attached hydrogen (secondary N) is 1. The van der Waals surface area contributed by atoms with Gasteiger partial charge in [-0.05, 0) is 24.6 Å². The zero-order chi connectivity index (χ0) is 16.4. The minimum absolute atomic E-state index is 0.105. The van der Waals surface area contributed by atoms with E-state index in [0.717, 1.165) is 17.1 Å². The number of nitrogens with zero attached hydrogens (tertiary/aromatic N) is 3. The molecule has 5 nitrogen and oxygen atoms in total. The molecule has 1 amide bonds. The fourth-order valence-corrected chi connectivity index (χ4v) is 2.88. The summed E-state index contributed by atoms with van der Waals surface area (Å²) in [5.74, 6) is 0.806. The van der Waals surface area contributed by atoms with Gasteiger partial charge in [0.25, 0.3) is 0 Å². The number of rotatable bonds is 5. The molecule has 2 heterocycles. The van der Waals surface area contributed by atoms with E-state index in [2.05, 4.69) is 10.3 Å². The fraction of sp³-hybridized carbons (Fsp3) is 0.412. The van der Waals surface area contributed by atoms with E-state index >= 15 is 0 Å². The molecule has 3 rings (SSSR count). The van der Waals surface area contributed by atoms with Crippen molar-refractivity contribution in [3.63, 3.8) is 0 Å². The number of imidazole rings is 1. The quantitative estimate of drug-likeness (QED) is 0.914. The lowest BCUT2D eigenvalue weighted by molar-refractivity contribution is -0.128. The molecule has 2 aromatic rings. The lowest BCUT2D eigenvalue weighted by atomic mass is 10.2. The summed E-state index contributed by atoms with van der Waals surface area (Å²) in [5.41, 5.74) is 1.92. The summed E-state index contributed by atoms with van der Waals surface area (Å²) in [6.45, 7) is 3.75. The first-order valence-electron chi connectivity index (χ1n) is 7.75. The molecule has 1 aliphatic heterocycles. The van der Waals surface area contributed by atoms with Crippen LogP contribution >= 0.6 is 0 Å². The lowest BCUT2D eigenvalue weighted by Gasteiger charge is -2.17. The van der Waals surface area contributed by atoms with Crippen LogP contribution in [0.4, 0.5) is 4.39 Å². The van der Waals surface area contributed by atoms with Crippen molar-refractivity contribution in [1.29, 1.82) is 0 Å². The SMILES string of the molecule is Cc1ncc(CN[C@H]2CC(=O)N(Cc3cccc(F)c3)C2)n1C. The maximum absolute atomic E-state index is 13.2. The monoisotopic (exact) mass is 316 g/mol. The van der Waals surface area contributed by atoms with E-state index in [1.165, 1.54) is 12.1 Å². The Bertz CT molecular complexity index is 712. The van der Waals surface area contributed by atoms with Crippen LogP contribution in [0, 0.1) is 12.7 Å². The summed E-state index contributed by atoms with van der Waals surface area (Å²) in [5, 5.41) is 3.41. The van der Waals surface area contributed by atoms with Gasteiger partial charge < -0.3 is 14.8 Å². The zero-order valence-corrected chi connectivity index (χ0v) is 13.4. The van der Waals surface area contributed by atoms with Crippen molar-refractivity contribution < 1.29 is 9.18 Å². The fourth-order valence-electron chi connectivity index (χ4n) is 2.88. The van der Waals surface area contributed by atoms with Crippen LogP contribution in [0.1, 0.15) is 23.5 Å². The molecule has 1 aliphatic rings. The Morgan fingerprint density at radius 2 is 2.26 bits per heavy atom. The molecule has 1 fully saturated rings. The van der Waals surface area contributed by atoms with Crippen LogP contribution in [0.2, 0.25) is 0 Å². The van der Waals surface area contributed by atoms with Crippen LogP contribution in [0.3, 0.4) is 0 Å². The second-order valence-corrected chi connectivity index (χ2v) is 6.04. The Kier molecular flexibility index (Phi) is 4.43. The summed E-state index contributed by atoms with van der Waals surface area (Å²) in [6, 6.07) is 6.52. The molecule has 1 saturated heterocycles. The van der Waals surface area contributed by atoms with Gasteiger partial charge in [0.15, 0.2) is 0 Å². The van der Waals surface area contributed by atoms with E-state index in [1.807, 2.05) is 30.8 Å². The van der Waals surface area contributed by atoms with Crippen molar-refractivity contribution in [2.24, 2.45) is 7.05 Å². The standard InChI is InChI=1S/C17H21FN4O/c1-12-19-8-16(21(12)2)9-20-15-7-17(23)22(11-15)10-13-4-3-5-14(18)6-13/h3-6,8,15,20H,7,9-11H2,1-2H3/t15-/m0/s1. The smallest absolute Gasteiger partial charge is 0.224 e. The van der Waals surface area contributed by atoms with Gasteiger partial charge in [-0.15, -0.1) is 0 Å². The van der Waals surface area contributed by atoms with Gasteiger partial charge >= 0.3 is 0 Å². The highest BCUT2D eigenvalue weighted by atomic mass is 19.1. The van der Waals surface area contributed by atoms with Crippen molar-refractivity contribution in [2.75, 3.05) is 6.54 Å². The molecule has 1 aromatic carbocycles. The van der Waals surface area contributed by atoms with Crippen LogP contribution in [-0.2, 0) is 24.9 Å². The molecular weight excluding hydrogens is 295 g/mol. The van der Waals surface area contributed by atoms with Gasteiger partial charge in [0, 0.05) is 45.3 Å². The van der Waals surface area contributed by atoms with Crippen LogP contribution < -0.4 is 5.32 Å². The highest BCUT2D eigenvalue weighted by molar-refractivity contribution is 5.79. The molecule has 23 heavy (non-hydrogen) atoms. The molecule has 0 bridgehead atoms. The van der Waals surface area contributed by atoms with Gasteiger partial charge in [-0.1, -0.05) is 12.1 Å². The molecule has 0 unspecified atom stereocenters. The number of carbonyl (C=O) groups is 1. The highest BCUT2D eigenvalue weighted by Crippen LogP contribution is 2.16. The number of benzene rings is 1. The normalized spacial score (nSPS) is 18.0. The first-order chi connectivity index (χ1) is 11.0. The van der Waals surface area contributed by atoms with Crippen LogP contribution in [-0.4, -0.2) is 32.9 Å². The average molecular weight is 316 g/mol. The third-order valence-electron chi connectivity index (χ3n) is 4.37. The molecular formula is C17H21FN4O. The number of likely N-dealkylation sites (tertiary alicyclic amines) is 1. The Morgan fingerprint density at radius 1 is 1.43 bits per heavy atom. The van der Waals surface area contributed by atoms with E-state index < -0.39 is 0 Å². The lowest BCUT2D eigenvalue weighted by Crippen LogP contribution is -2.32. The summed E-state index contributed by atoms with van der Waals surface area (Å²) in [7, 11) is 1.98. The summed E-state index contributed by atoms with van der Waals surface area (Å²) >= 11 is 0. The minimum Gasteiger partial charge on any atom is -0.337 e. The van der Waals surface area contributed by atoms with Crippen molar-refractivity contribution >= 4 is 5.91 Å². The third-order valence-corrected chi connectivity index (χ3v) is 4.37. The van der Waals surface area contributed by atoms with E-state index in [-0.39, 0.29) is 17.8 Å². The van der Waals surface area contributed by atoms with Crippen LogP contribution in [0.25, 0.3) is 0 Å². The van der Waals surface area contributed by atoms with Crippen molar-refractivity contribution in [3.05, 3.63) is 53.4 Å². The topological polar surface area (TPSA) is 50.2 Å². The minimum atomic E-state index is -0.268. The van der Waals surface area contributed by atoms with Gasteiger partial charge in [0.2, 0.25) is 5.91 Å². The molecule has 0 radical (unpaired) electrons. The Labute approximate surface area is 135 Å². The molecule has 1 N–H and O–H groups in total. The first kappa shape index (κ1) is 15.7. The van der Waals surface area contributed by atoms with Gasteiger partial charge in [0.05, 0.1) is 5.69 Å². The number of halogens is 1. The molecule has 6 heteroatoms. The Balaban J connectivity index is 1.56. The predicted octanol–water partition coefficient (Wildman–Crippen LogP) is 1.76.